The third kappa shape index (κ3) is 4.15. The number of rotatable bonds is 7. The van der Waals surface area contributed by atoms with Crippen molar-refractivity contribution in [1.29, 1.82) is 0 Å². The Labute approximate surface area is 107 Å². The summed E-state index contributed by atoms with van der Waals surface area (Å²) in [4.78, 5) is 0. The molecular formula is C12H24O6. The Hall–Kier alpha value is -0.240. The van der Waals surface area contributed by atoms with E-state index in [1.54, 1.807) is 0 Å². The van der Waals surface area contributed by atoms with Crippen LogP contribution in [0.3, 0.4) is 0 Å². The second-order valence-corrected chi connectivity index (χ2v) is 4.63. The minimum Gasteiger partial charge on any atom is -0.394 e. The maximum Gasteiger partial charge on any atom is 0.186 e. The summed E-state index contributed by atoms with van der Waals surface area (Å²) in [6.45, 7) is 2.10. The molecule has 1 aliphatic rings. The zero-order chi connectivity index (χ0) is 13.5. The molecule has 0 bridgehead atoms. The maximum absolute atomic E-state index is 9.68. The topological polar surface area (TPSA) is 99.4 Å². The normalized spacial score (nSPS) is 36.8. The number of aliphatic hydroxyl groups is 4. The van der Waals surface area contributed by atoms with E-state index < -0.39 is 37.3 Å². The van der Waals surface area contributed by atoms with Gasteiger partial charge in [-0.3, -0.25) is 0 Å². The van der Waals surface area contributed by atoms with Crippen molar-refractivity contribution in [3.05, 3.63) is 0 Å². The Morgan fingerprint density at radius 1 is 1.00 bits per heavy atom. The first-order valence-corrected chi connectivity index (χ1v) is 6.54. The second-order valence-electron chi connectivity index (χ2n) is 4.63. The van der Waals surface area contributed by atoms with Crippen LogP contribution in [0.25, 0.3) is 0 Å². The Morgan fingerprint density at radius 2 is 1.72 bits per heavy atom. The molecule has 0 aromatic rings. The molecule has 5 atom stereocenters. The van der Waals surface area contributed by atoms with E-state index in [2.05, 4.69) is 6.92 Å². The van der Waals surface area contributed by atoms with Crippen molar-refractivity contribution >= 4 is 0 Å². The molecular weight excluding hydrogens is 240 g/mol. The molecule has 4 N–H and O–H groups in total. The molecule has 0 amide bonds. The van der Waals surface area contributed by atoms with Crippen LogP contribution in [-0.4, -0.2) is 64.3 Å². The summed E-state index contributed by atoms with van der Waals surface area (Å²) in [5.74, 6) is 0. The fourth-order valence-corrected chi connectivity index (χ4v) is 1.93. The van der Waals surface area contributed by atoms with Gasteiger partial charge in [0.05, 0.1) is 6.61 Å². The molecule has 6 nitrogen and oxygen atoms in total. The van der Waals surface area contributed by atoms with Gasteiger partial charge in [0.25, 0.3) is 0 Å². The van der Waals surface area contributed by atoms with Gasteiger partial charge in [0.2, 0.25) is 0 Å². The van der Waals surface area contributed by atoms with E-state index in [0.29, 0.717) is 6.61 Å². The summed E-state index contributed by atoms with van der Waals surface area (Å²) in [5, 5.41) is 37.8. The van der Waals surface area contributed by atoms with Crippen molar-refractivity contribution in [1.82, 2.24) is 0 Å². The Bertz CT molecular complexity index is 223. The SMILES string of the molecule is CCCCCCO[C@@H]1O[C@H](CO)[C@H](O)[C@H](O)[C@@H]1O. The molecule has 6 heteroatoms. The predicted octanol–water partition coefficient (Wildman–Crippen LogP) is -0.617. The summed E-state index contributed by atoms with van der Waals surface area (Å²) in [7, 11) is 0. The summed E-state index contributed by atoms with van der Waals surface area (Å²) >= 11 is 0. The van der Waals surface area contributed by atoms with Crippen LogP contribution in [0.2, 0.25) is 0 Å². The average molecular weight is 264 g/mol. The largest absolute Gasteiger partial charge is 0.394 e. The van der Waals surface area contributed by atoms with E-state index in [-0.39, 0.29) is 0 Å². The van der Waals surface area contributed by atoms with Gasteiger partial charge in [0, 0.05) is 6.61 Å². The van der Waals surface area contributed by atoms with Crippen LogP contribution in [0.5, 0.6) is 0 Å². The van der Waals surface area contributed by atoms with Crippen LogP contribution < -0.4 is 0 Å². The minimum atomic E-state index is -1.36. The third-order valence-corrected chi connectivity index (χ3v) is 3.13. The van der Waals surface area contributed by atoms with Crippen molar-refractivity contribution in [3.63, 3.8) is 0 Å². The summed E-state index contributed by atoms with van der Waals surface area (Å²) < 4.78 is 10.5. The van der Waals surface area contributed by atoms with Crippen molar-refractivity contribution in [3.8, 4) is 0 Å². The minimum absolute atomic E-state index is 0.419. The Kier molecular flexibility index (Phi) is 7.06. The van der Waals surface area contributed by atoms with Crippen molar-refractivity contribution < 1.29 is 29.9 Å². The lowest BCUT2D eigenvalue weighted by atomic mass is 9.99. The molecule has 18 heavy (non-hydrogen) atoms. The van der Waals surface area contributed by atoms with Crippen LogP contribution in [0.15, 0.2) is 0 Å². The molecule has 0 aromatic heterocycles. The number of hydrogen-bond donors (Lipinski definition) is 4. The number of hydrogen-bond acceptors (Lipinski definition) is 6. The van der Waals surface area contributed by atoms with Gasteiger partial charge < -0.3 is 29.9 Å². The van der Waals surface area contributed by atoms with Crippen LogP contribution in [0, 0.1) is 0 Å². The molecule has 0 spiro atoms. The average Bonchev–Trinajstić information content (AvgIpc) is 2.38. The van der Waals surface area contributed by atoms with E-state index in [4.69, 9.17) is 14.6 Å². The standard InChI is InChI=1S/C12H24O6/c1-2-3-4-5-6-17-12-11(16)10(15)9(14)8(7-13)18-12/h8-16H,2-7H2,1H3/t8-,9+,10+,11+,12-/m1/s1. The number of aliphatic hydroxyl groups excluding tert-OH is 4. The molecule has 108 valence electrons. The fourth-order valence-electron chi connectivity index (χ4n) is 1.93. The molecule has 0 aromatic carbocycles. The molecule has 1 rings (SSSR count). The van der Waals surface area contributed by atoms with Crippen LogP contribution in [0.4, 0.5) is 0 Å². The van der Waals surface area contributed by atoms with Gasteiger partial charge in [0.15, 0.2) is 6.29 Å². The van der Waals surface area contributed by atoms with Crippen LogP contribution in [-0.2, 0) is 9.47 Å². The van der Waals surface area contributed by atoms with E-state index in [0.717, 1.165) is 25.7 Å². The quantitative estimate of drug-likeness (QED) is 0.458. The van der Waals surface area contributed by atoms with E-state index >= 15 is 0 Å². The molecule has 0 aliphatic carbocycles. The molecule has 0 saturated carbocycles. The first kappa shape index (κ1) is 15.8. The molecule has 1 heterocycles. The zero-order valence-corrected chi connectivity index (χ0v) is 10.7. The molecule has 0 unspecified atom stereocenters. The van der Waals surface area contributed by atoms with Crippen molar-refractivity contribution in [2.75, 3.05) is 13.2 Å². The maximum atomic E-state index is 9.68. The van der Waals surface area contributed by atoms with Crippen LogP contribution in [0.1, 0.15) is 32.6 Å². The van der Waals surface area contributed by atoms with Gasteiger partial charge in [-0.2, -0.15) is 0 Å². The third-order valence-electron chi connectivity index (χ3n) is 3.13. The van der Waals surface area contributed by atoms with Crippen molar-refractivity contribution in [2.24, 2.45) is 0 Å². The summed E-state index contributed by atoms with van der Waals surface area (Å²) in [6.07, 6.45) is -1.75. The second kappa shape index (κ2) is 8.04. The smallest absolute Gasteiger partial charge is 0.186 e. The lowest BCUT2D eigenvalue weighted by molar-refractivity contribution is -0.301. The number of unbranched alkanes of at least 4 members (excludes halogenated alkanes) is 3. The summed E-state index contributed by atoms with van der Waals surface area (Å²) in [6, 6.07) is 0. The van der Waals surface area contributed by atoms with Gasteiger partial charge in [-0.1, -0.05) is 26.2 Å². The van der Waals surface area contributed by atoms with E-state index in [1.807, 2.05) is 0 Å². The van der Waals surface area contributed by atoms with E-state index in [9.17, 15) is 15.3 Å². The lowest BCUT2D eigenvalue weighted by Gasteiger charge is -2.39. The van der Waals surface area contributed by atoms with E-state index in [1.165, 1.54) is 0 Å². The van der Waals surface area contributed by atoms with Crippen molar-refractivity contribution in [2.45, 2.75) is 63.3 Å². The summed E-state index contributed by atoms with van der Waals surface area (Å²) in [5.41, 5.74) is 0. The molecule has 1 saturated heterocycles. The first-order chi connectivity index (χ1) is 8.61. The highest BCUT2D eigenvalue weighted by Gasteiger charge is 2.43. The van der Waals surface area contributed by atoms with Gasteiger partial charge in [-0.05, 0) is 6.42 Å². The molecule has 1 aliphatic heterocycles. The highest BCUT2D eigenvalue weighted by atomic mass is 16.7. The fraction of sp³-hybridized carbons (Fsp3) is 1.00. The highest BCUT2D eigenvalue weighted by molar-refractivity contribution is 4.88. The zero-order valence-electron chi connectivity index (χ0n) is 10.7. The Balaban J connectivity index is 2.35. The predicted molar refractivity (Wildman–Crippen MR) is 63.9 cm³/mol. The first-order valence-electron chi connectivity index (χ1n) is 6.54. The molecule has 1 fully saturated rings. The van der Waals surface area contributed by atoms with Crippen LogP contribution >= 0.6 is 0 Å². The van der Waals surface area contributed by atoms with Gasteiger partial charge in [0.1, 0.15) is 24.4 Å². The van der Waals surface area contributed by atoms with Gasteiger partial charge >= 0.3 is 0 Å². The molecule has 0 radical (unpaired) electrons. The number of ether oxygens (including phenoxy) is 2. The Morgan fingerprint density at radius 3 is 2.33 bits per heavy atom. The lowest BCUT2D eigenvalue weighted by Crippen LogP contribution is -2.59. The van der Waals surface area contributed by atoms with Gasteiger partial charge in [-0.15, -0.1) is 0 Å². The van der Waals surface area contributed by atoms with Gasteiger partial charge in [-0.25, -0.2) is 0 Å². The monoisotopic (exact) mass is 264 g/mol. The highest BCUT2D eigenvalue weighted by Crippen LogP contribution is 2.22.